The summed E-state index contributed by atoms with van der Waals surface area (Å²) in [5.41, 5.74) is 14.1. The van der Waals surface area contributed by atoms with Gasteiger partial charge in [0.15, 0.2) is 0 Å². The molecule has 20 heteroatoms. The van der Waals surface area contributed by atoms with Crippen LogP contribution in [-0.4, -0.2) is 185 Å². The van der Waals surface area contributed by atoms with Crippen LogP contribution in [-0.2, 0) is 45.1 Å². The second kappa shape index (κ2) is 23.2. The summed E-state index contributed by atoms with van der Waals surface area (Å²) in [7, 11) is 0. The van der Waals surface area contributed by atoms with Crippen LogP contribution in [0.3, 0.4) is 0 Å². The maximum Gasteiger partial charge on any atom is 0.332 e. The lowest BCUT2D eigenvalue weighted by Gasteiger charge is -2.35. The van der Waals surface area contributed by atoms with Crippen LogP contribution in [0.5, 0.6) is 0 Å². The van der Waals surface area contributed by atoms with E-state index in [1.54, 1.807) is 27.6 Å². The minimum Gasteiger partial charge on any atom is -0.479 e. The number of aliphatic hydroxyl groups excluding tert-OH is 2. The molecule has 6 aliphatic rings. The lowest BCUT2D eigenvalue weighted by molar-refractivity contribution is -0.145. The Morgan fingerprint density at radius 1 is 0.671 bits per heavy atom. The summed E-state index contributed by atoms with van der Waals surface area (Å²) in [6.07, 6.45) is 5.30. The number of benzene rings is 2. The average molecular weight is 1030 g/mol. The molecule has 9 heterocycles. The summed E-state index contributed by atoms with van der Waals surface area (Å²) in [6, 6.07) is 13.0. The number of anilines is 2. The minimum absolute atomic E-state index is 0.192. The van der Waals surface area contributed by atoms with E-state index in [0.29, 0.717) is 32.8 Å². The van der Waals surface area contributed by atoms with Gasteiger partial charge in [-0.2, -0.15) is 0 Å². The number of nitrogens with zero attached hydrogens (tertiary/aromatic N) is 10. The van der Waals surface area contributed by atoms with Crippen molar-refractivity contribution in [1.29, 1.82) is 0 Å². The third kappa shape index (κ3) is 11.5. The number of hydrogen-bond acceptors (Lipinski definition) is 18. The van der Waals surface area contributed by atoms with Gasteiger partial charge in [0.25, 0.3) is 5.91 Å². The number of fused-ring (bicyclic) bond motifs is 4. The second-order valence-corrected chi connectivity index (χ2v) is 20.7. The minimum atomic E-state index is -1.23. The van der Waals surface area contributed by atoms with Gasteiger partial charge >= 0.3 is 5.97 Å². The van der Waals surface area contributed by atoms with Crippen LogP contribution in [0, 0.1) is 0 Å². The number of aliphatic carboxylic acids is 1. The third-order valence-electron chi connectivity index (χ3n) is 13.9. The maximum absolute atomic E-state index is 12.2. The van der Waals surface area contributed by atoms with Gasteiger partial charge in [-0.3, -0.25) is 19.6 Å². The number of carboxylic acid groups (broad SMARTS) is 1. The highest BCUT2D eigenvalue weighted by molar-refractivity contribution is 7.18. The molecule has 4 fully saturated rings. The molecule has 73 heavy (non-hydrogen) atoms. The normalized spacial score (nSPS) is 18.8. The summed E-state index contributed by atoms with van der Waals surface area (Å²) in [6.45, 7) is 18.3. The molecule has 1 aliphatic carbocycles. The molecule has 1 amide bonds. The van der Waals surface area contributed by atoms with Crippen LogP contribution in [0.4, 0.5) is 11.9 Å². The van der Waals surface area contributed by atoms with Crippen molar-refractivity contribution in [3.8, 4) is 22.5 Å². The van der Waals surface area contributed by atoms with Gasteiger partial charge in [-0.1, -0.05) is 48.6 Å². The van der Waals surface area contributed by atoms with Gasteiger partial charge in [0.1, 0.15) is 12.2 Å². The van der Waals surface area contributed by atoms with E-state index >= 15 is 0 Å². The molecule has 0 radical (unpaired) electrons. The molecule has 4 saturated heterocycles. The zero-order chi connectivity index (χ0) is 50.4. The number of nitrogens with one attached hydrogen (secondary N) is 1. The summed E-state index contributed by atoms with van der Waals surface area (Å²) < 4.78 is 13.4. The van der Waals surface area contributed by atoms with E-state index in [-0.39, 0.29) is 5.91 Å². The number of hydrogen-bond donors (Lipinski definition) is 4. The molecule has 4 N–H and O–H groups in total. The van der Waals surface area contributed by atoms with Gasteiger partial charge in [-0.15, -0.1) is 22.7 Å². The average Bonchev–Trinajstić information content (AvgIpc) is 4.27. The monoisotopic (exact) mass is 1030 g/mol. The van der Waals surface area contributed by atoms with E-state index in [9.17, 15) is 14.7 Å². The molecule has 0 saturated carbocycles. The molecule has 0 spiro atoms. The van der Waals surface area contributed by atoms with Gasteiger partial charge < -0.3 is 44.8 Å². The zero-order valence-corrected chi connectivity index (χ0v) is 43.0. The molecule has 18 nitrogen and oxygen atoms in total. The first-order valence-corrected chi connectivity index (χ1v) is 27.0. The molecular weight excluding hydrogens is 967 g/mol. The number of rotatable bonds is 10. The zero-order valence-electron chi connectivity index (χ0n) is 41.4. The van der Waals surface area contributed by atoms with Crippen LogP contribution in [0.2, 0.25) is 0 Å². The quantitative estimate of drug-likeness (QED) is 0.146. The topological polar surface area (TPSA) is 205 Å². The number of amides is 1. The van der Waals surface area contributed by atoms with Gasteiger partial charge in [-0.05, 0) is 47.7 Å². The highest BCUT2D eigenvalue weighted by Crippen LogP contribution is 2.40. The molecule has 0 bridgehead atoms. The fraction of sp³-hybridized carbons (Fsp3) is 0.453. The Balaban J connectivity index is 0.000000152. The molecule has 384 valence electrons. The van der Waals surface area contributed by atoms with E-state index in [4.69, 9.17) is 39.6 Å². The Morgan fingerprint density at radius 2 is 1.19 bits per heavy atom. The van der Waals surface area contributed by atoms with E-state index < -0.39 is 18.2 Å². The summed E-state index contributed by atoms with van der Waals surface area (Å²) in [4.78, 5) is 57.7. The molecule has 4 aromatic heterocycles. The standard InChI is InChI=1S/C26H30N6O3S.C24H27N5OS.C3H6O3/c1-17(33)25(34)31-7-5-30(6-8-31)15-19-16-36-24-22(19)28-26(32-9-11-35-12-10-32)29-23(24)20-4-2-3-18-13-27-14-21(18)20;1-3-17-4-2-6-20(19(17)5-1)22-23-21(26-24(27-22)29-11-13-30-14-12-29)18(16-31-23)15-28-9-7-25-8-10-28;1-2(4)3(5)6/h2-4,14,16-17,33H,5-13,15H2,1H3;1-2,4-6,16,25H,3,7-15H2;2,4H,1H3,(H,5,6)/t17-;;2-/m0.0/s1. The lowest BCUT2D eigenvalue weighted by atomic mass is 10.0. The predicted octanol–water partition coefficient (Wildman–Crippen LogP) is 4.77. The molecule has 5 aliphatic heterocycles. The molecule has 2 atom stereocenters. The van der Waals surface area contributed by atoms with Crippen molar-refractivity contribution in [3.05, 3.63) is 86.6 Å². The van der Waals surface area contributed by atoms with Crippen LogP contribution in [0.15, 0.2) is 58.2 Å². The number of carboxylic acids is 1. The van der Waals surface area contributed by atoms with E-state index in [1.807, 2.05) is 6.21 Å². The van der Waals surface area contributed by atoms with Gasteiger partial charge in [-0.25, -0.2) is 24.7 Å². The Kier molecular flexibility index (Phi) is 16.1. The number of aromatic nitrogens is 4. The van der Waals surface area contributed by atoms with Crippen molar-refractivity contribution in [2.24, 2.45) is 4.99 Å². The van der Waals surface area contributed by atoms with E-state index in [1.165, 1.54) is 51.9 Å². The van der Waals surface area contributed by atoms with Crippen LogP contribution < -0.4 is 15.1 Å². The number of thiophene rings is 2. The Morgan fingerprint density at radius 3 is 1.73 bits per heavy atom. The fourth-order valence-electron chi connectivity index (χ4n) is 9.89. The second-order valence-electron chi connectivity index (χ2n) is 19.0. The summed E-state index contributed by atoms with van der Waals surface area (Å²) >= 11 is 3.49. The van der Waals surface area contributed by atoms with E-state index in [0.717, 1.165) is 148 Å². The lowest BCUT2D eigenvalue weighted by Crippen LogP contribution is -2.50. The van der Waals surface area contributed by atoms with Crippen molar-refractivity contribution in [2.45, 2.75) is 52.1 Å². The fourth-order valence-corrected chi connectivity index (χ4v) is 11.9. The number of aliphatic hydroxyl groups is 2. The highest BCUT2D eigenvalue weighted by Gasteiger charge is 2.28. The smallest absolute Gasteiger partial charge is 0.332 e. The number of carbonyl (C=O) groups is 2. The summed E-state index contributed by atoms with van der Waals surface area (Å²) in [5, 5.41) is 33.4. The Bertz CT molecular complexity index is 2990. The molecule has 12 rings (SSSR count). The molecule has 2 aromatic carbocycles. The first-order valence-electron chi connectivity index (χ1n) is 25.2. The van der Waals surface area contributed by atoms with Crippen LogP contribution in [0.25, 0.3) is 49.0 Å². The molecular formula is C53H63N11O7S2. The van der Waals surface area contributed by atoms with Gasteiger partial charge in [0.2, 0.25) is 11.9 Å². The number of morpholine rings is 2. The van der Waals surface area contributed by atoms with Crippen molar-refractivity contribution in [1.82, 2.24) is 40.0 Å². The number of carbonyl (C=O) groups excluding carboxylic acids is 1. The Labute approximate surface area is 432 Å². The van der Waals surface area contributed by atoms with Crippen molar-refractivity contribution < 1.29 is 34.4 Å². The van der Waals surface area contributed by atoms with E-state index in [2.05, 4.69) is 89.2 Å². The number of ether oxygens (including phenoxy) is 2. The first kappa shape index (κ1) is 50.7. The molecule has 6 aromatic rings. The van der Waals surface area contributed by atoms with Crippen LogP contribution >= 0.6 is 22.7 Å². The first-order chi connectivity index (χ1) is 35.6. The van der Waals surface area contributed by atoms with Crippen molar-refractivity contribution in [3.63, 3.8) is 0 Å². The number of allylic oxidation sites excluding steroid dienone is 1. The Hall–Kier alpha value is -5.81. The largest absolute Gasteiger partial charge is 0.479 e. The van der Waals surface area contributed by atoms with Crippen molar-refractivity contribution in [2.75, 3.05) is 115 Å². The SMILES string of the molecule is C1=Cc2c(cccc2-c2nc(N3CCOCC3)nc3c(CN4CCNCC4)csc23)C1.C[C@H](O)C(=O)N1CCN(Cc2csc3c(-c4cccc5c4C=NC5)nc(N4CCOCC4)nc23)CC1.C[C@H](O)C(=O)O. The van der Waals surface area contributed by atoms with Crippen LogP contribution in [0.1, 0.15) is 47.2 Å². The van der Waals surface area contributed by atoms with Crippen molar-refractivity contribution >= 4 is 79.2 Å². The summed E-state index contributed by atoms with van der Waals surface area (Å²) in [5.74, 6) is 0.211. The van der Waals surface area contributed by atoms with Gasteiger partial charge in [0.05, 0.1) is 64.8 Å². The third-order valence-corrected chi connectivity index (χ3v) is 16.0. The number of aliphatic imine (C=N–C) groups is 1. The highest BCUT2D eigenvalue weighted by atomic mass is 32.1. The molecule has 0 unspecified atom stereocenters. The maximum atomic E-state index is 12.2. The number of piperazine rings is 2. The van der Waals surface area contributed by atoms with Gasteiger partial charge in [0, 0.05) is 126 Å². The predicted molar refractivity (Wildman–Crippen MR) is 287 cm³/mol.